The van der Waals surface area contributed by atoms with Crippen molar-refractivity contribution in [1.29, 1.82) is 0 Å². The molecule has 7 nitrogen and oxygen atoms in total. The number of nitrogens with one attached hydrogen (secondary N) is 2. The van der Waals surface area contributed by atoms with Crippen LogP contribution in [0, 0.1) is 0 Å². The number of carboxylic acid groups (broad SMARTS) is 2. The lowest BCUT2D eigenvalue weighted by molar-refractivity contribution is -0.142. The monoisotopic (exact) mass is 227 g/mol. The number of hydrogen-bond acceptors (Lipinski definition) is 4. The third-order valence-corrected chi connectivity index (χ3v) is 2.10. The van der Waals surface area contributed by atoms with Crippen molar-refractivity contribution in [2.24, 2.45) is 0 Å². The minimum absolute atomic E-state index is 0.160. The molecule has 0 bridgehead atoms. The largest absolute Gasteiger partial charge is 0.480 e. The average Bonchev–Trinajstić information content (AvgIpc) is 2.68. The molecule has 0 aliphatic heterocycles. The highest BCUT2D eigenvalue weighted by molar-refractivity contribution is 5.77. The summed E-state index contributed by atoms with van der Waals surface area (Å²) in [5.41, 5.74) is 0.637. The molecule has 0 amide bonds. The normalized spacial score (nSPS) is 14.3. The van der Waals surface area contributed by atoms with E-state index in [9.17, 15) is 9.59 Å². The van der Waals surface area contributed by atoms with Crippen molar-refractivity contribution in [2.45, 2.75) is 25.4 Å². The number of hydrogen-bond donors (Lipinski definition) is 4. The highest BCUT2D eigenvalue weighted by Crippen LogP contribution is 2.00. The molecule has 0 saturated carbocycles. The first-order chi connectivity index (χ1) is 7.50. The first-order valence-corrected chi connectivity index (χ1v) is 4.69. The summed E-state index contributed by atoms with van der Waals surface area (Å²) in [5, 5.41) is 20.1. The summed E-state index contributed by atoms with van der Waals surface area (Å²) >= 11 is 0. The number of carboxylic acids is 2. The average molecular weight is 227 g/mol. The zero-order valence-electron chi connectivity index (χ0n) is 8.67. The smallest absolute Gasteiger partial charge is 0.321 e. The van der Waals surface area contributed by atoms with Crippen LogP contribution in [0.5, 0.6) is 0 Å². The molecule has 1 rings (SSSR count). The Morgan fingerprint density at radius 1 is 1.50 bits per heavy atom. The van der Waals surface area contributed by atoms with Crippen molar-refractivity contribution in [3.05, 3.63) is 18.2 Å². The molecule has 0 aliphatic carbocycles. The summed E-state index contributed by atoms with van der Waals surface area (Å²) in [6.45, 7) is 1.39. The minimum atomic E-state index is -1.09. The fourth-order valence-electron chi connectivity index (χ4n) is 1.21. The van der Waals surface area contributed by atoms with E-state index in [1.54, 1.807) is 0 Å². The molecule has 0 spiro atoms. The van der Waals surface area contributed by atoms with Gasteiger partial charge in [0.1, 0.15) is 12.1 Å². The van der Waals surface area contributed by atoms with Crippen LogP contribution in [0.3, 0.4) is 0 Å². The highest BCUT2D eigenvalue weighted by atomic mass is 16.4. The van der Waals surface area contributed by atoms with Crippen molar-refractivity contribution in [1.82, 2.24) is 15.3 Å². The van der Waals surface area contributed by atoms with E-state index in [4.69, 9.17) is 10.2 Å². The van der Waals surface area contributed by atoms with Crippen molar-refractivity contribution < 1.29 is 19.8 Å². The van der Waals surface area contributed by atoms with Crippen LogP contribution in [0.1, 0.15) is 12.6 Å². The van der Waals surface area contributed by atoms with Crippen LogP contribution >= 0.6 is 0 Å². The summed E-state index contributed by atoms with van der Waals surface area (Å²) in [4.78, 5) is 28.0. The summed E-state index contributed by atoms with van der Waals surface area (Å²) in [6, 6.07) is -1.87. The Labute approximate surface area is 91.5 Å². The molecule has 7 heteroatoms. The van der Waals surface area contributed by atoms with Crippen molar-refractivity contribution in [3.63, 3.8) is 0 Å². The lowest BCUT2D eigenvalue weighted by atomic mass is 10.1. The SMILES string of the molecule is C[C@H](N[C@@H](Cc1cnc[nH]1)C(=O)O)C(=O)O. The van der Waals surface area contributed by atoms with Crippen LogP contribution < -0.4 is 5.32 Å². The van der Waals surface area contributed by atoms with E-state index in [0.29, 0.717) is 5.69 Å². The lowest BCUT2D eigenvalue weighted by Crippen LogP contribution is -2.46. The van der Waals surface area contributed by atoms with E-state index in [0.717, 1.165) is 0 Å². The molecule has 1 heterocycles. The third kappa shape index (κ3) is 3.35. The van der Waals surface area contributed by atoms with Crippen LogP contribution in [0.15, 0.2) is 12.5 Å². The molecule has 0 unspecified atom stereocenters. The van der Waals surface area contributed by atoms with Gasteiger partial charge in [-0.05, 0) is 6.92 Å². The maximum Gasteiger partial charge on any atom is 0.321 e. The Kier molecular flexibility index (Phi) is 4.01. The second-order valence-corrected chi connectivity index (χ2v) is 3.40. The van der Waals surface area contributed by atoms with Gasteiger partial charge in [0.2, 0.25) is 0 Å². The number of aliphatic carboxylic acids is 2. The zero-order chi connectivity index (χ0) is 12.1. The van der Waals surface area contributed by atoms with Crippen molar-refractivity contribution in [3.8, 4) is 0 Å². The van der Waals surface area contributed by atoms with E-state index in [2.05, 4.69) is 15.3 Å². The van der Waals surface area contributed by atoms with Crippen LogP contribution in [0.2, 0.25) is 0 Å². The van der Waals surface area contributed by atoms with Crippen molar-refractivity contribution in [2.75, 3.05) is 0 Å². The van der Waals surface area contributed by atoms with Gasteiger partial charge in [0, 0.05) is 18.3 Å². The molecule has 0 aromatic carbocycles. The van der Waals surface area contributed by atoms with E-state index in [-0.39, 0.29) is 6.42 Å². The van der Waals surface area contributed by atoms with Crippen LogP contribution in [-0.4, -0.2) is 44.2 Å². The number of nitrogens with zero attached hydrogens (tertiary/aromatic N) is 1. The molecule has 0 radical (unpaired) electrons. The molecular formula is C9H13N3O4. The number of aromatic nitrogens is 2. The second-order valence-electron chi connectivity index (χ2n) is 3.40. The Balaban J connectivity index is 2.61. The van der Waals surface area contributed by atoms with Gasteiger partial charge in [-0.25, -0.2) is 4.98 Å². The Morgan fingerprint density at radius 3 is 2.62 bits per heavy atom. The van der Waals surface area contributed by atoms with E-state index < -0.39 is 24.0 Å². The minimum Gasteiger partial charge on any atom is -0.480 e. The first kappa shape index (κ1) is 12.2. The van der Waals surface area contributed by atoms with Crippen LogP contribution in [-0.2, 0) is 16.0 Å². The summed E-state index contributed by atoms with van der Waals surface area (Å²) in [5.74, 6) is -2.18. The fourth-order valence-corrected chi connectivity index (χ4v) is 1.21. The molecule has 0 fully saturated rings. The zero-order valence-corrected chi connectivity index (χ0v) is 8.67. The molecule has 0 saturated heterocycles. The highest BCUT2D eigenvalue weighted by Gasteiger charge is 2.23. The molecular weight excluding hydrogens is 214 g/mol. The summed E-state index contributed by atoms with van der Waals surface area (Å²) in [6.07, 6.45) is 3.10. The number of imidazole rings is 1. The quantitative estimate of drug-likeness (QED) is 0.519. The van der Waals surface area contributed by atoms with Gasteiger partial charge < -0.3 is 15.2 Å². The van der Waals surface area contributed by atoms with Gasteiger partial charge in [-0.1, -0.05) is 0 Å². The molecule has 4 N–H and O–H groups in total. The fraction of sp³-hybridized carbons (Fsp3) is 0.444. The van der Waals surface area contributed by atoms with Crippen LogP contribution in [0.4, 0.5) is 0 Å². The van der Waals surface area contributed by atoms with Gasteiger partial charge >= 0.3 is 11.9 Å². The van der Waals surface area contributed by atoms with E-state index in [1.807, 2.05) is 0 Å². The van der Waals surface area contributed by atoms with Crippen LogP contribution in [0.25, 0.3) is 0 Å². The van der Waals surface area contributed by atoms with E-state index >= 15 is 0 Å². The molecule has 16 heavy (non-hydrogen) atoms. The molecule has 1 aromatic heterocycles. The summed E-state index contributed by atoms with van der Waals surface area (Å²) < 4.78 is 0. The number of rotatable bonds is 6. The Hall–Kier alpha value is -1.89. The standard InChI is InChI=1S/C9H13N3O4/c1-5(8(13)14)12-7(9(15)16)2-6-3-10-4-11-6/h3-5,7,12H,2H2,1H3,(H,10,11)(H,13,14)(H,15,16)/t5-,7-/m0/s1. The van der Waals surface area contributed by atoms with Gasteiger partial charge in [0.05, 0.1) is 6.33 Å². The van der Waals surface area contributed by atoms with Gasteiger partial charge in [-0.2, -0.15) is 0 Å². The van der Waals surface area contributed by atoms with Gasteiger partial charge in [0.25, 0.3) is 0 Å². The second kappa shape index (κ2) is 5.26. The Bertz CT molecular complexity index is 363. The van der Waals surface area contributed by atoms with Gasteiger partial charge in [-0.3, -0.25) is 14.9 Å². The predicted octanol–water partition coefficient (Wildman–Crippen LogP) is -0.532. The molecule has 88 valence electrons. The van der Waals surface area contributed by atoms with Gasteiger partial charge in [0.15, 0.2) is 0 Å². The van der Waals surface area contributed by atoms with E-state index in [1.165, 1.54) is 19.4 Å². The Morgan fingerprint density at radius 2 is 2.19 bits per heavy atom. The maximum absolute atomic E-state index is 10.9. The lowest BCUT2D eigenvalue weighted by Gasteiger charge is -2.16. The van der Waals surface area contributed by atoms with Crippen molar-refractivity contribution >= 4 is 11.9 Å². The first-order valence-electron chi connectivity index (χ1n) is 4.69. The molecule has 2 atom stereocenters. The molecule has 1 aromatic rings. The third-order valence-electron chi connectivity index (χ3n) is 2.10. The summed E-state index contributed by atoms with van der Waals surface area (Å²) in [7, 11) is 0. The molecule has 0 aliphatic rings. The topological polar surface area (TPSA) is 115 Å². The number of H-pyrrole nitrogens is 1. The maximum atomic E-state index is 10.9. The number of carbonyl (C=O) groups is 2. The predicted molar refractivity (Wildman–Crippen MR) is 53.9 cm³/mol. The number of aromatic amines is 1. The van der Waals surface area contributed by atoms with Gasteiger partial charge in [-0.15, -0.1) is 0 Å².